The molecule has 1 saturated heterocycles. The molecule has 6 heteroatoms. The summed E-state index contributed by atoms with van der Waals surface area (Å²) in [5.74, 6) is 1.78. The molecule has 0 bridgehead atoms. The zero-order valence-corrected chi connectivity index (χ0v) is 13.6. The molecule has 0 N–H and O–H groups in total. The van der Waals surface area contributed by atoms with Crippen molar-refractivity contribution in [3.05, 3.63) is 12.1 Å². The minimum atomic E-state index is -0.476. The average molecular weight is 294 g/mol. The van der Waals surface area contributed by atoms with Crippen molar-refractivity contribution in [1.29, 1.82) is 0 Å². The zero-order chi connectivity index (χ0) is 15.6. The van der Waals surface area contributed by atoms with Crippen LogP contribution in [0, 0.1) is 0 Å². The van der Waals surface area contributed by atoms with Gasteiger partial charge in [-0.2, -0.15) is 0 Å². The van der Waals surface area contributed by atoms with Crippen molar-refractivity contribution >= 4 is 12.6 Å². The molecule has 1 fully saturated rings. The van der Waals surface area contributed by atoms with Crippen LogP contribution >= 0.6 is 0 Å². The van der Waals surface area contributed by atoms with Crippen LogP contribution in [0.5, 0.6) is 17.2 Å². The summed E-state index contributed by atoms with van der Waals surface area (Å²) in [4.78, 5) is 0. The van der Waals surface area contributed by atoms with E-state index in [2.05, 4.69) is 0 Å². The average Bonchev–Trinajstić information content (AvgIpc) is 2.72. The third-order valence-electron chi connectivity index (χ3n) is 3.79. The molecule has 0 radical (unpaired) electrons. The highest BCUT2D eigenvalue weighted by Crippen LogP contribution is 2.37. The van der Waals surface area contributed by atoms with Gasteiger partial charge in [-0.3, -0.25) is 0 Å². The normalized spacial score (nSPS) is 20.5. The Bertz CT molecular complexity index is 503. The first-order valence-corrected chi connectivity index (χ1v) is 7.15. The lowest BCUT2D eigenvalue weighted by Crippen LogP contribution is -2.36. The van der Waals surface area contributed by atoms with Crippen molar-refractivity contribution < 1.29 is 23.5 Å². The standard InChI is InChI=1S/C15H23BO5/c1-7-19-13-11(8-9-12(17-5)14(13)18-6)16-20-10(2)15(3,4)21-16/h8-10H,7H2,1-6H3. The van der Waals surface area contributed by atoms with Crippen LogP contribution in [-0.2, 0) is 9.31 Å². The van der Waals surface area contributed by atoms with Gasteiger partial charge in [-0.1, -0.05) is 6.07 Å². The fourth-order valence-electron chi connectivity index (χ4n) is 2.28. The zero-order valence-electron chi connectivity index (χ0n) is 13.6. The molecule has 0 aliphatic carbocycles. The van der Waals surface area contributed by atoms with E-state index >= 15 is 0 Å². The maximum Gasteiger partial charge on any atom is 0.498 e. The molecule has 1 atom stereocenters. The number of methoxy groups -OCH3 is 2. The number of benzene rings is 1. The van der Waals surface area contributed by atoms with E-state index in [0.29, 0.717) is 23.9 Å². The molecular weight excluding hydrogens is 271 g/mol. The molecule has 1 aliphatic heterocycles. The maximum atomic E-state index is 6.01. The molecule has 0 saturated carbocycles. The molecule has 2 rings (SSSR count). The van der Waals surface area contributed by atoms with Crippen molar-refractivity contribution in [2.45, 2.75) is 39.4 Å². The summed E-state index contributed by atoms with van der Waals surface area (Å²) in [6.45, 7) is 8.46. The van der Waals surface area contributed by atoms with Crippen LogP contribution < -0.4 is 19.7 Å². The van der Waals surface area contributed by atoms with Crippen LogP contribution in [0.25, 0.3) is 0 Å². The molecule has 116 valence electrons. The summed E-state index contributed by atoms with van der Waals surface area (Å²) in [7, 11) is 2.71. The molecule has 1 aromatic carbocycles. The van der Waals surface area contributed by atoms with Gasteiger partial charge in [0.25, 0.3) is 0 Å². The van der Waals surface area contributed by atoms with Crippen molar-refractivity contribution in [1.82, 2.24) is 0 Å². The van der Waals surface area contributed by atoms with Crippen LogP contribution in [0.1, 0.15) is 27.7 Å². The summed E-state index contributed by atoms with van der Waals surface area (Å²) < 4.78 is 28.4. The first kappa shape index (κ1) is 16.0. The third kappa shape index (κ3) is 2.96. The summed E-state index contributed by atoms with van der Waals surface area (Å²) in [5, 5.41) is 0. The Labute approximate surface area is 126 Å². The van der Waals surface area contributed by atoms with Crippen LogP contribution in [0.4, 0.5) is 0 Å². The Balaban J connectivity index is 2.44. The number of hydrogen-bond acceptors (Lipinski definition) is 5. The second-order valence-electron chi connectivity index (χ2n) is 5.48. The molecule has 1 heterocycles. The van der Waals surface area contributed by atoms with Crippen molar-refractivity contribution in [3.8, 4) is 17.2 Å². The molecule has 21 heavy (non-hydrogen) atoms. The van der Waals surface area contributed by atoms with Crippen molar-refractivity contribution in [2.24, 2.45) is 0 Å². The Morgan fingerprint density at radius 1 is 1.19 bits per heavy atom. The highest BCUT2D eigenvalue weighted by molar-refractivity contribution is 6.63. The summed E-state index contributed by atoms with van der Waals surface area (Å²) in [6.07, 6.45) is -0.00919. The molecular formula is C15H23BO5. The molecule has 5 nitrogen and oxygen atoms in total. The van der Waals surface area contributed by atoms with Gasteiger partial charge in [0.1, 0.15) is 0 Å². The number of rotatable bonds is 5. The summed E-state index contributed by atoms with van der Waals surface area (Å²) in [6, 6.07) is 3.73. The third-order valence-corrected chi connectivity index (χ3v) is 3.79. The summed E-state index contributed by atoms with van der Waals surface area (Å²) in [5.41, 5.74) is 0.466. The Hall–Kier alpha value is -1.40. The van der Waals surface area contributed by atoms with Gasteiger partial charge in [-0.15, -0.1) is 0 Å². The predicted octanol–water partition coefficient (Wildman–Crippen LogP) is 2.01. The Morgan fingerprint density at radius 3 is 2.38 bits per heavy atom. The van der Waals surface area contributed by atoms with Crippen LogP contribution in [0.15, 0.2) is 12.1 Å². The van der Waals surface area contributed by atoms with E-state index in [1.807, 2.05) is 39.8 Å². The Morgan fingerprint density at radius 2 is 1.90 bits per heavy atom. The van der Waals surface area contributed by atoms with Gasteiger partial charge in [0, 0.05) is 5.46 Å². The topological polar surface area (TPSA) is 46.2 Å². The minimum Gasteiger partial charge on any atom is -0.493 e. The van der Waals surface area contributed by atoms with Crippen LogP contribution in [0.2, 0.25) is 0 Å². The van der Waals surface area contributed by atoms with E-state index in [1.54, 1.807) is 14.2 Å². The molecule has 1 unspecified atom stereocenters. The lowest BCUT2D eigenvalue weighted by molar-refractivity contribution is 0.0842. The van der Waals surface area contributed by atoms with Gasteiger partial charge in [0.2, 0.25) is 5.75 Å². The fraction of sp³-hybridized carbons (Fsp3) is 0.600. The monoisotopic (exact) mass is 294 g/mol. The minimum absolute atomic E-state index is 0.00919. The first-order valence-electron chi connectivity index (χ1n) is 7.15. The molecule has 0 spiro atoms. The van der Waals surface area contributed by atoms with Gasteiger partial charge in [0.15, 0.2) is 11.5 Å². The smallest absolute Gasteiger partial charge is 0.493 e. The van der Waals surface area contributed by atoms with E-state index in [-0.39, 0.29) is 11.7 Å². The maximum absolute atomic E-state index is 6.01. The van der Waals surface area contributed by atoms with Gasteiger partial charge in [-0.25, -0.2) is 0 Å². The lowest BCUT2D eigenvalue weighted by Gasteiger charge is -2.21. The largest absolute Gasteiger partial charge is 0.498 e. The number of hydrogen-bond donors (Lipinski definition) is 0. The highest BCUT2D eigenvalue weighted by Gasteiger charge is 2.45. The molecule has 0 amide bonds. The van der Waals surface area contributed by atoms with Gasteiger partial charge in [-0.05, 0) is 33.8 Å². The van der Waals surface area contributed by atoms with Gasteiger partial charge >= 0.3 is 7.12 Å². The highest BCUT2D eigenvalue weighted by atomic mass is 16.7. The van der Waals surface area contributed by atoms with Crippen molar-refractivity contribution in [2.75, 3.05) is 20.8 Å². The quantitative estimate of drug-likeness (QED) is 0.777. The number of ether oxygens (including phenoxy) is 3. The first-order chi connectivity index (χ1) is 9.94. The molecule has 1 aromatic rings. The van der Waals surface area contributed by atoms with Crippen LogP contribution in [0.3, 0.4) is 0 Å². The summed E-state index contributed by atoms with van der Waals surface area (Å²) >= 11 is 0. The SMILES string of the molecule is CCOc1c(B2OC(C)C(C)(C)O2)ccc(OC)c1OC. The molecule has 1 aliphatic rings. The fourth-order valence-corrected chi connectivity index (χ4v) is 2.28. The van der Waals surface area contributed by atoms with E-state index in [1.165, 1.54) is 0 Å². The van der Waals surface area contributed by atoms with Crippen LogP contribution in [-0.4, -0.2) is 39.6 Å². The van der Waals surface area contributed by atoms with Gasteiger partial charge in [0.05, 0.1) is 32.5 Å². The van der Waals surface area contributed by atoms with Crippen molar-refractivity contribution in [3.63, 3.8) is 0 Å². The van der Waals surface area contributed by atoms with E-state index in [0.717, 1.165) is 5.46 Å². The van der Waals surface area contributed by atoms with E-state index < -0.39 is 7.12 Å². The van der Waals surface area contributed by atoms with E-state index in [9.17, 15) is 0 Å². The Kier molecular flexibility index (Phi) is 4.69. The van der Waals surface area contributed by atoms with E-state index in [4.69, 9.17) is 23.5 Å². The molecule has 0 aromatic heterocycles. The second kappa shape index (κ2) is 6.16. The predicted molar refractivity (Wildman–Crippen MR) is 81.8 cm³/mol. The lowest BCUT2D eigenvalue weighted by atomic mass is 9.78. The van der Waals surface area contributed by atoms with Gasteiger partial charge < -0.3 is 23.5 Å². The second-order valence-corrected chi connectivity index (χ2v) is 5.48.